The van der Waals surface area contributed by atoms with Gasteiger partial charge in [-0.3, -0.25) is 14.4 Å². The number of fused-ring (bicyclic) bond motifs is 1. The Morgan fingerprint density at radius 1 is 1.04 bits per heavy atom. The van der Waals surface area contributed by atoms with E-state index < -0.39 is 63.8 Å². The Kier molecular flexibility index (Phi) is 10.6. The van der Waals surface area contributed by atoms with Crippen molar-refractivity contribution in [3.8, 4) is 17.4 Å². The van der Waals surface area contributed by atoms with E-state index in [1.54, 1.807) is 49.7 Å². The third kappa shape index (κ3) is 8.06. The number of amides is 4. The van der Waals surface area contributed by atoms with Gasteiger partial charge in [-0.05, 0) is 80.8 Å². The second-order valence-electron chi connectivity index (χ2n) is 13.2. The molecule has 5 atom stereocenters. The Hall–Kier alpha value is -5.38. The van der Waals surface area contributed by atoms with Gasteiger partial charge in [-0.15, -0.1) is 6.58 Å². The van der Waals surface area contributed by atoms with Crippen molar-refractivity contribution < 1.29 is 46.0 Å². The van der Waals surface area contributed by atoms with Crippen LogP contribution in [-0.2, 0) is 29.4 Å². The topological polar surface area (TPSA) is 192 Å². The molecule has 0 radical (unpaired) electrons. The number of pyridine rings is 1. The van der Waals surface area contributed by atoms with Crippen molar-refractivity contribution >= 4 is 44.9 Å². The molecule has 276 valence electrons. The van der Waals surface area contributed by atoms with E-state index in [-0.39, 0.29) is 37.1 Å². The maximum Gasteiger partial charge on any atom is 0.409 e. The van der Waals surface area contributed by atoms with Gasteiger partial charge in [-0.25, -0.2) is 14.5 Å². The quantitative estimate of drug-likeness (QED) is 0.219. The van der Waals surface area contributed by atoms with Gasteiger partial charge in [-0.2, -0.15) is 8.42 Å². The molecule has 1 unspecified atom stereocenters. The first-order chi connectivity index (χ1) is 24.9. The fraction of sp³-hybridized carbons (Fsp3) is 0.417. The Morgan fingerprint density at radius 2 is 1.79 bits per heavy atom. The highest BCUT2D eigenvalue weighted by Gasteiger charge is 2.61. The first-order valence-electron chi connectivity index (χ1n) is 17.0. The van der Waals surface area contributed by atoms with Crippen molar-refractivity contribution in [2.24, 2.45) is 5.92 Å². The van der Waals surface area contributed by atoms with Crippen LogP contribution in [0.5, 0.6) is 17.4 Å². The van der Waals surface area contributed by atoms with E-state index in [0.717, 1.165) is 31.1 Å². The number of hydrogen-bond donors (Lipinski definition) is 3. The van der Waals surface area contributed by atoms with Gasteiger partial charge < -0.3 is 33.9 Å². The van der Waals surface area contributed by atoms with Gasteiger partial charge in [-0.1, -0.05) is 24.3 Å². The maximum absolute atomic E-state index is 14.1. The molecule has 2 aromatic carbocycles. The molecule has 6 rings (SSSR count). The average Bonchev–Trinajstić information content (AvgIpc) is 3.38. The number of ether oxygens (including phenoxy) is 3. The second kappa shape index (κ2) is 15.1. The number of carbonyl (C=O) groups excluding carboxylic acids is 4. The summed E-state index contributed by atoms with van der Waals surface area (Å²) in [5.41, 5.74) is -1.68. The van der Waals surface area contributed by atoms with Gasteiger partial charge in [0, 0.05) is 23.9 Å². The van der Waals surface area contributed by atoms with Crippen LogP contribution < -0.4 is 29.0 Å². The molecular weight excluding hydrogens is 694 g/mol. The lowest BCUT2D eigenvalue weighted by atomic mass is 10.1. The monoisotopic (exact) mass is 735 g/mol. The first kappa shape index (κ1) is 36.4. The lowest BCUT2D eigenvalue weighted by Gasteiger charge is -2.28. The summed E-state index contributed by atoms with van der Waals surface area (Å²) >= 11 is 0. The second-order valence-corrected chi connectivity index (χ2v) is 14.4. The smallest absolute Gasteiger partial charge is 0.409 e. The number of alkyl carbamates (subject to hydrolysis) is 1. The highest BCUT2D eigenvalue weighted by atomic mass is 32.2. The van der Waals surface area contributed by atoms with E-state index in [2.05, 4.69) is 22.2 Å². The standard InChI is InChI=1S/C36H41N5O10S/c1-4-24-20-36(24,34(44)40-52(46,47)51-26-12-6-5-7-13-26)39-31(42)30-19-28(49-32-29-15-14-27(48-3)18-23(29)16-17-37-32)21-41(30)33(43)22(2)38-35(45)50-25-10-8-9-11-25/h4-7,12-18,22,24-25,28,30H,1,8-11,19-21H2,2-3H3,(H,38,45)(H,39,42)(H,40,44)/t22-,24?,28+,30-,36+/m0/s1. The molecule has 52 heavy (non-hydrogen) atoms. The van der Waals surface area contributed by atoms with Crippen molar-refractivity contribution in [2.45, 2.75) is 75.3 Å². The minimum absolute atomic E-state index is 0.00307. The summed E-state index contributed by atoms with van der Waals surface area (Å²) in [4.78, 5) is 59.8. The summed E-state index contributed by atoms with van der Waals surface area (Å²) in [6.45, 7) is 5.16. The number of methoxy groups -OCH3 is 1. The summed E-state index contributed by atoms with van der Waals surface area (Å²) in [5, 5.41) is 6.76. The summed E-state index contributed by atoms with van der Waals surface area (Å²) < 4.78 is 49.5. The third-order valence-electron chi connectivity index (χ3n) is 9.56. The molecular formula is C36H41N5O10S. The van der Waals surface area contributed by atoms with Crippen LogP contribution >= 0.6 is 0 Å². The van der Waals surface area contributed by atoms with Gasteiger partial charge in [0.05, 0.1) is 13.7 Å². The fourth-order valence-corrected chi connectivity index (χ4v) is 7.54. The molecule has 4 amide bonds. The van der Waals surface area contributed by atoms with Crippen LogP contribution in [0.15, 0.2) is 73.4 Å². The van der Waals surface area contributed by atoms with E-state index >= 15 is 0 Å². The molecule has 16 heteroatoms. The average molecular weight is 736 g/mol. The van der Waals surface area contributed by atoms with E-state index in [9.17, 15) is 27.6 Å². The summed E-state index contributed by atoms with van der Waals surface area (Å²) in [6, 6.07) is 12.5. The Morgan fingerprint density at radius 3 is 2.48 bits per heavy atom. The summed E-state index contributed by atoms with van der Waals surface area (Å²) in [6.07, 6.45) is 4.79. The largest absolute Gasteiger partial charge is 0.497 e. The fourth-order valence-electron chi connectivity index (χ4n) is 6.73. The summed E-state index contributed by atoms with van der Waals surface area (Å²) in [5.74, 6) is -2.04. The highest BCUT2D eigenvalue weighted by molar-refractivity contribution is 7.85. The molecule has 3 aromatic rings. The van der Waals surface area contributed by atoms with E-state index in [1.165, 1.54) is 30.0 Å². The molecule has 0 bridgehead atoms. The number of aromatic nitrogens is 1. The zero-order chi connectivity index (χ0) is 37.0. The van der Waals surface area contributed by atoms with Gasteiger partial charge in [0.2, 0.25) is 17.7 Å². The molecule has 1 aliphatic heterocycles. The van der Waals surface area contributed by atoms with Crippen LogP contribution in [0, 0.1) is 5.92 Å². The molecule has 1 saturated heterocycles. The Balaban J connectivity index is 1.21. The lowest BCUT2D eigenvalue weighted by molar-refractivity contribution is -0.140. The predicted molar refractivity (Wildman–Crippen MR) is 187 cm³/mol. The molecule has 3 N–H and O–H groups in total. The summed E-state index contributed by atoms with van der Waals surface area (Å²) in [7, 11) is -3.06. The van der Waals surface area contributed by atoms with Crippen molar-refractivity contribution in [1.29, 1.82) is 0 Å². The lowest BCUT2D eigenvalue weighted by Crippen LogP contribution is -2.58. The SMILES string of the molecule is C=CC1C[C@]1(NC(=O)[C@@H]1C[C@@H](Oc2nccc3cc(OC)ccc23)CN1C(=O)[C@H](C)NC(=O)OC1CCCC1)C(=O)NS(=O)(=O)Oc1ccccc1. The Bertz CT molecular complexity index is 1950. The number of benzene rings is 2. The van der Waals surface area contributed by atoms with Crippen LogP contribution in [0.25, 0.3) is 10.8 Å². The highest BCUT2D eigenvalue weighted by Crippen LogP contribution is 2.45. The zero-order valence-corrected chi connectivity index (χ0v) is 29.6. The third-order valence-corrected chi connectivity index (χ3v) is 10.4. The molecule has 3 aliphatic rings. The number of carbonyl (C=O) groups is 4. The molecule has 2 aliphatic carbocycles. The van der Waals surface area contributed by atoms with Gasteiger partial charge in [0.25, 0.3) is 5.91 Å². The first-order valence-corrected chi connectivity index (χ1v) is 18.5. The molecule has 1 aromatic heterocycles. The number of para-hydroxylation sites is 1. The van der Waals surface area contributed by atoms with E-state index in [4.69, 9.17) is 18.4 Å². The van der Waals surface area contributed by atoms with Crippen molar-refractivity contribution in [1.82, 2.24) is 25.2 Å². The van der Waals surface area contributed by atoms with Crippen molar-refractivity contribution in [3.63, 3.8) is 0 Å². The van der Waals surface area contributed by atoms with E-state index in [1.807, 2.05) is 10.8 Å². The van der Waals surface area contributed by atoms with Crippen LogP contribution in [0.1, 0.15) is 45.4 Å². The van der Waals surface area contributed by atoms with Crippen LogP contribution in [0.3, 0.4) is 0 Å². The molecule has 0 spiro atoms. The Labute approximate surface area is 301 Å². The van der Waals surface area contributed by atoms with Crippen molar-refractivity contribution in [2.75, 3.05) is 13.7 Å². The number of likely N-dealkylation sites (tertiary alicyclic amines) is 1. The van der Waals surface area contributed by atoms with Crippen LogP contribution in [-0.4, -0.2) is 85.6 Å². The van der Waals surface area contributed by atoms with Crippen molar-refractivity contribution in [3.05, 3.63) is 73.4 Å². The normalized spacial score (nSPS) is 23.3. The van der Waals surface area contributed by atoms with Crippen LogP contribution in [0.4, 0.5) is 4.79 Å². The zero-order valence-electron chi connectivity index (χ0n) is 28.8. The van der Waals surface area contributed by atoms with Gasteiger partial charge >= 0.3 is 16.4 Å². The maximum atomic E-state index is 14.1. The minimum Gasteiger partial charge on any atom is -0.497 e. The molecule has 3 fully saturated rings. The number of rotatable bonds is 13. The molecule has 2 heterocycles. The van der Waals surface area contributed by atoms with Crippen LogP contribution in [0.2, 0.25) is 0 Å². The number of nitrogens with one attached hydrogen (secondary N) is 3. The minimum atomic E-state index is -4.62. The van der Waals surface area contributed by atoms with E-state index in [0.29, 0.717) is 11.1 Å². The predicted octanol–water partition coefficient (Wildman–Crippen LogP) is 3.15. The molecule has 15 nitrogen and oxygen atoms in total. The number of nitrogens with zero attached hydrogens (tertiary/aromatic N) is 2. The molecule has 2 saturated carbocycles. The van der Waals surface area contributed by atoms with Gasteiger partial charge in [0.15, 0.2) is 0 Å². The number of hydrogen-bond acceptors (Lipinski definition) is 11. The van der Waals surface area contributed by atoms with Gasteiger partial charge in [0.1, 0.15) is 41.3 Å².